The predicted molar refractivity (Wildman–Crippen MR) is 242 cm³/mol. The summed E-state index contributed by atoms with van der Waals surface area (Å²) in [6.07, 6.45) is 19.1. The summed E-state index contributed by atoms with van der Waals surface area (Å²) in [6, 6.07) is 32.8. The minimum Gasteiger partial charge on any atom is -0.494 e. The molecule has 0 heterocycles. The van der Waals surface area contributed by atoms with Crippen LogP contribution in [0.15, 0.2) is 121 Å². The fourth-order valence-electron chi connectivity index (χ4n) is 4.85. The number of hydrogen-bond acceptors (Lipinski definition) is 7. The molecular weight excluding hydrogens is 771 g/mol. The van der Waals surface area contributed by atoms with E-state index in [1.807, 2.05) is 103 Å². The first kappa shape index (κ1) is 49.6. The Balaban J connectivity index is 0.000000562. The SMILES string of the molecule is Cl.Cl.N=C(N)/C=C/c1ccc(OCCCCCOc2ccc(/C=C/C(=N)N)cc2)cc1.[C-]#[N+]/C=C/c1ccc(OCCCCCOc2ccc(/C=C/C#N)cc2)cc1. The van der Waals surface area contributed by atoms with E-state index in [0.29, 0.717) is 26.4 Å². The van der Waals surface area contributed by atoms with Crippen molar-refractivity contribution in [2.75, 3.05) is 26.4 Å². The molecule has 6 N–H and O–H groups in total. The Morgan fingerprint density at radius 2 is 0.810 bits per heavy atom. The Bertz CT molecular complexity index is 1820. The molecule has 4 rings (SSSR count). The zero-order valence-electron chi connectivity index (χ0n) is 32.4. The Kier molecular flexibility index (Phi) is 26.3. The highest BCUT2D eigenvalue weighted by Crippen LogP contribution is 2.17. The summed E-state index contributed by atoms with van der Waals surface area (Å²) < 4.78 is 22.9. The van der Waals surface area contributed by atoms with Gasteiger partial charge in [0.15, 0.2) is 6.20 Å². The molecule has 12 heteroatoms. The summed E-state index contributed by atoms with van der Waals surface area (Å²) in [6.45, 7) is 9.41. The largest absolute Gasteiger partial charge is 0.494 e. The van der Waals surface area contributed by atoms with Gasteiger partial charge in [-0.15, -0.1) is 24.8 Å². The zero-order valence-corrected chi connectivity index (χ0v) is 34.1. The van der Waals surface area contributed by atoms with Crippen LogP contribution in [0.3, 0.4) is 0 Å². The van der Waals surface area contributed by atoms with Crippen molar-refractivity contribution in [1.82, 2.24) is 0 Å². The molecule has 10 nitrogen and oxygen atoms in total. The molecule has 0 saturated heterocycles. The predicted octanol–water partition coefficient (Wildman–Crippen LogP) is 10.8. The maximum absolute atomic E-state index is 8.51. The highest BCUT2D eigenvalue weighted by atomic mass is 35.5. The van der Waals surface area contributed by atoms with E-state index in [4.69, 9.17) is 53.1 Å². The van der Waals surface area contributed by atoms with E-state index in [-0.39, 0.29) is 36.5 Å². The first-order valence-electron chi connectivity index (χ1n) is 18.4. The zero-order chi connectivity index (χ0) is 40.1. The normalized spacial score (nSPS) is 10.4. The minimum absolute atomic E-state index is 0. The van der Waals surface area contributed by atoms with Gasteiger partial charge in [-0.1, -0.05) is 66.8 Å². The molecule has 0 fully saturated rings. The van der Waals surface area contributed by atoms with Gasteiger partial charge in [0.2, 0.25) is 0 Å². The van der Waals surface area contributed by atoms with Gasteiger partial charge < -0.3 is 30.4 Å². The van der Waals surface area contributed by atoms with Crippen LogP contribution in [0.4, 0.5) is 0 Å². The number of rotatable bonds is 22. The van der Waals surface area contributed by atoms with E-state index in [1.165, 1.54) is 12.3 Å². The first-order chi connectivity index (χ1) is 27.3. The highest BCUT2D eigenvalue weighted by molar-refractivity contribution is 5.93. The molecule has 0 unspecified atom stereocenters. The molecule has 0 atom stereocenters. The molecule has 0 aliphatic rings. The average molecular weight is 824 g/mol. The van der Waals surface area contributed by atoms with E-state index in [1.54, 1.807) is 36.5 Å². The molecule has 0 amide bonds. The number of ether oxygens (including phenoxy) is 4. The van der Waals surface area contributed by atoms with Crippen LogP contribution in [0, 0.1) is 28.7 Å². The van der Waals surface area contributed by atoms with Crippen molar-refractivity contribution in [2.24, 2.45) is 11.5 Å². The van der Waals surface area contributed by atoms with Crippen LogP contribution in [-0.2, 0) is 0 Å². The van der Waals surface area contributed by atoms with Gasteiger partial charge in [0.1, 0.15) is 34.7 Å². The van der Waals surface area contributed by atoms with E-state index < -0.39 is 0 Å². The Morgan fingerprint density at radius 1 is 0.517 bits per heavy atom. The van der Waals surface area contributed by atoms with Crippen LogP contribution in [-0.4, -0.2) is 38.1 Å². The molecule has 0 radical (unpaired) electrons. The van der Waals surface area contributed by atoms with Gasteiger partial charge >= 0.3 is 0 Å². The topological polar surface area (TPSA) is 165 Å². The van der Waals surface area contributed by atoms with Crippen molar-refractivity contribution in [2.45, 2.75) is 38.5 Å². The third kappa shape index (κ3) is 22.8. The second-order valence-electron chi connectivity index (χ2n) is 12.3. The van der Waals surface area contributed by atoms with Gasteiger partial charge in [-0.25, -0.2) is 4.85 Å². The van der Waals surface area contributed by atoms with Gasteiger partial charge in [-0.2, -0.15) is 5.26 Å². The molecule has 4 aromatic carbocycles. The van der Waals surface area contributed by atoms with Gasteiger partial charge in [0, 0.05) is 6.08 Å². The summed E-state index contributed by atoms with van der Waals surface area (Å²) in [5.74, 6) is 3.42. The number of nitrogens with zero attached hydrogens (tertiary/aromatic N) is 2. The number of nitrogens with two attached hydrogens (primary N) is 2. The molecule has 4 aromatic rings. The highest BCUT2D eigenvalue weighted by Gasteiger charge is 1.99. The molecular formula is C46H52Cl2N6O4. The van der Waals surface area contributed by atoms with Crippen LogP contribution < -0.4 is 30.4 Å². The lowest BCUT2D eigenvalue weighted by molar-refractivity contribution is 0.279. The standard InChI is InChI=1S/C23H28N4O2.C23H22N2O2.2ClH/c24-22(25)14-8-18-4-10-20(11-5-18)28-16-2-1-3-17-29-21-12-6-19(7-13-21)9-15-23(26)27;1-25-17-15-21-9-13-23(14-10-21)27-19-4-2-3-18-26-22-11-7-20(8-12-22)6-5-16-24;;/h4-15H,1-3,16-17H2,(H3,24,25)(H3,26,27);5-15,17H,2-4,18-19H2;2*1H/b14-8+,15-9+;6-5+,17-15+;;. The smallest absolute Gasteiger partial charge is 0.154 e. The second kappa shape index (κ2) is 30.7. The molecule has 0 bridgehead atoms. The maximum Gasteiger partial charge on any atom is 0.154 e. The summed E-state index contributed by atoms with van der Waals surface area (Å²) in [5, 5.41) is 22.9. The van der Waals surface area contributed by atoms with Gasteiger partial charge in [0.05, 0.1) is 39.1 Å². The van der Waals surface area contributed by atoms with E-state index in [2.05, 4.69) is 4.85 Å². The molecule has 58 heavy (non-hydrogen) atoms. The van der Waals surface area contributed by atoms with Crippen molar-refractivity contribution in [3.8, 4) is 29.1 Å². The van der Waals surface area contributed by atoms with Crippen molar-refractivity contribution >= 4 is 60.8 Å². The fourth-order valence-corrected chi connectivity index (χ4v) is 4.85. The van der Waals surface area contributed by atoms with Crippen LogP contribution in [0.1, 0.15) is 60.8 Å². The summed E-state index contributed by atoms with van der Waals surface area (Å²) in [4.78, 5) is 3.19. The molecule has 0 aliphatic heterocycles. The lowest BCUT2D eigenvalue weighted by Gasteiger charge is -2.08. The molecule has 0 saturated carbocycles. The molecule has 0 aromatic heterocycles. The van der Waals surface area contributed by atoms with Crippen LogP contribution in [0.2, 0.25) is 0 Å². The third-order valence-electron chi connectivity index (χ3n) is 7.78. The molecule has 0 spiro atoms. The number of benzene rings is 4. The number of amidine groups is 2. The van der Waals surface area contributed by atoms with Crippen molar-refractivity contribution in [3.05, 3.63) is 155 Å². The maximum atomic E-state index is 8.51. The third-order valence-corrected chi connectivity index (χ3v) is 7.78. The monoisotopic (exact) mass is 822 g/mol. The van der Waals surface area contributed by atoms with E-state index in [0.717, 1.165) is 83.8 Å². The number of halogens is 2. The Labute approximate surface area is 355 Å². The van der Waals surface area contributed by atoms with Crippen molar-refractivity contribution in [1.29, 1.82) is 16.1 Å². The lowest BCUT2D eigenvalue weighted by atomic mass is 10.2. The van der Waals surface area contributed by atoms with Crippen LogP contribution in [0.5, 0.6) is 23.0 Å². The molecule has 304 valence electrons. The number of unbranched alkanes of at least 4 members (excludes halogenated alkanes) is 4. The number of hydrogen-bond donors (Lipinski definition) is 4. The van der Waals surface area contributed by atoms with Gasteiger partial charge in [-0.3, -0.25) is 10.8 Å². The summed E-state index contributed by atoms with van der Waals surface area (Å²) >= 11 is 0. The Hall–Kier alpha value is -6.46. The summed E-state index contributed by atoms with van der Waals surface area (Å²) in [5.41, 5.74) is 14.5. The Morgan fingerprint density at radius 3 is 1.09 bits per heavy atom. The van der Waals surface area contributed by atoms with Crippen molar-refractivity contribution in [3.63, 3.8) is 0 Å². The van der Waals surface area contributed by atoms with Gasteiger partial charge in [-0.05, 0) is 128 Å². The summed E-state index contributed by atoms with van der Waals surface area (Å²) in [7, 11) is 0. The number of allylic oxidation sites excluding steroid dienone is 1. The lowest BCUT2D eigenvalue weighted by Crippen LogP contribution is -2.03. The van der Waals surface area contributed by atoms with Crippen LogP contribution in [0.25, 0.3) is 29.1 Å². The fraction of sp³-hybridized carbons (Fsp3) is 0.217. The van der Waals surface area contributed by atoms with Crippen molar-refractivity contribution < 1.29 is 18.9 Å². The van der Waals surface area contributed by atoms with E-state index in [9.17, 15) is 0 Å². The average Bonchev–Trinajstić information content (AvgIpc) is 3.22. The number of nitrogens with one attached hydrogen (secondary N) is 2. The van der Waals surface area contributed by atoms with Gasteiger partial charge in [0.25, 0.3) is 0 Å². The first-order valence-corrected chi connectivity index (χ1v) is 18.4. The van der Waals surface area contributed by atoms with Crippen LogP contribution >= 0.6 is 24.8 Å². The minimum atomic E-state index is 0. The number of nitriles is 1. The van der Waals surface area contributed by atoms with E-state index >= 15 is 0 Å². The molecule has 0 aliphatic carbocycles. The quantitative estimate of drug-likeness (QED) is 0.0201. The second-order valence-corrected chi connectivity index (χ2v) is 12.3.